The van der Waals surface area contributed by atoms with Crippen molar-refractivity contribution in [2.75, 3.05) is 13.1 Å². The maximum Gasteiger partial charge on any atom is 0.233 e. The quantitative estimate of drug-likeness (QED) is 0.794. The molecule has 2 aromatic rings. The van der Waals surface area contributed by atoms with Gasteiger partial charge in [-0.15, -0.1) is 5.10 Å². The summed E-state index contributed by atoms with van der Waals surface area (Å²) in [6.07, 6.45) is 9.50. The maximum absolute atomic E-state index is 13.2. The van der Waals surface area contributed by atoms with E-state index in [0.717, 1.165) is 57.6 Å². The molecule has 1 amide bonds. The van der Waals surface area contributed by atoms with Crippen molar-refractivity contribution in [3.8, 4) is 0 Å². The molecule has 3 heterocycles. The number of benzene rings is 1. The van der Waals surface area contributed by atoms with Crippen LogP contribution in [0.2, 0.25) is 0 Å². The third-order valence-corrected chi connectivity index (χ3v) is 6.33. The molecule has 1 fully saturated rings. The number of likely N-dealkylation sites (tertiary alicyclic amines) is 1. The van der Waals surface area contributed by atoms with E-state index < -0.39 is 0 Å². The van der Waals surface area contributed by atoms with Gasteiger partial charge in [0.2, 0.25) is 5.91 Å². The third-order valence-electron chi connectivity index (χ3n) is 6.33. The highest BCUT2D eigenvalue weighted by molar-refractivity contribution is 5.83. The molecule has 1 aromatic carbocycles. The Morgan fingerprint density at radius 1 is 1.12 bits per heavy atom. The molecule has 2 aliphatic heterocycles. The lowest BCUT2D eigenvalue weighted by Crippen LogP contribution is -2.45. The first kappa shape index (κ1) is 15.7. The number of aromatic nitrogens is 4. The van der Waals surface area contributed by atoms with Crippen molar-refractivity contribution < 1.29 is 4.79 Å². The standard InChI is InChI=1S/C20H23N5O/c26-19(16-6-3-4-12-25-18(16)21-22-23-25)24-13-10-20(11-14-24)9-8-15-5-1-2-7-17(15)20/h1-2,5,7-9,16H,3-4,6,10-14H2/t16-/m1/s1. The van der Waals surface area contributed by atoms with Crippen LogP contribution in [-0.2, 0) is 16.8 Å². The Morgan fingerprint density at radius 3 is 2.85 bits per heavy atom. The summed E-state index contributed by atoms with van der Waals surface area (Å²) in [6.45, 7) is 2.42. The van der Waals surface area contributed by atoms with Crippen molar-refractivity contribution in [1.29, 1.82) is 0 Å². The van der Waals surface area contributed by atoms with Crippen molar-refractivity contribution in [1.82, 2.24) is 25.1 Å². The zero-order valence-corrected chi connectivity index (χ0v) is 14.8. The Balaban J connectivity index is 1.34. The minimum Gasteiger partial charge on any atom is -0.342 e. The SMILES string of the molecule is O=C([C@@H]1CCCCn2nnnc21)N1CCC2(C=Cc3ccccc32)CC1. The Labute approximate surface area is 152 Å². The molecule has 5 rings (SSSR count). The minimum atomic E-state index is -0.187. The molecule has 0 unspecified atom stereocenters. The van der Waals surface area contributed by atoms with Crippen LogP contribution in [0.1, 0.15) is 55.0 Å². The van der Waals surface area contributed by atoms with Crippen molar-refractivity contribution in [3.63, 3.8) is 0 Å². The monoisotopic (exact) mass is 349 g/mol. The van der Waals surface area contributed by atoms with Crippen LogP contribution in [-0.4, -0.2) is 44.1 Å². The van der Waals surface area contributed by atoms with E-state index in [-0.39, 0.29) is 17.2 Å². The van der Waals surface area contributed by atoms with Gasteiger partial charge in [-0.1, -0.05) is 42.8 Å². The van der Waals surface area contributed by atoms with E-state index in [9.17, 15) is 4.79 Å². The number of amides is 1. The average molecular weight is 349 g/mol. The summed E-state index contributed by atoms with van der Waals surface area (Å²) in [4.78, 5) is 15.3. The highest BCUT2D eigenvalue weighted by Crippen LogP contribution is 2.44. The third kappa shape index (κ3) is 2.39. The van der Waals surface area contributed by atoms with E-state index in [0.29, 0.717) is 0 Å². The fourth-order valence-electron chi connectivity index (χ4n) is 4.81. The molecule has 3 aliphatic rings. The predicted molar refractivity (Wildman–Crippen MR) is 97.4 cm³/mol. The molecule has 6 heteroatoms. The second-order valence-corrected chi connectivity index (χ2v) is 7.71. The molecular weight excluding hydrogens is 326 g/mol. The summed E-state index contributed by atoms with van der Waals surface area (Å²) >= 11 is 0. The highest BCUT2D eigenvalue weighted by Gasteiger charge is 2.40. The zero-order chi connectivity index (χ0) is 17.6. The van der Waals surface area contributed by atoms with Crippen molar-refractivity contribution in [2.45, 2.75) is 50.0 Å². The molecule has 1 spiro atoms. The molecule has 1 aromatic heterocycles. The molecule has 1 saturated heterocycles. The van der Waals surface area contributed by atoms with E-state index >= 15 is 0 Å². The Morgan fingerprint density at radius 2 is 1.96 bits per heavy atom. The number of hydrogen-bond donors (Lipinski definition) is 0. The van der Waals surface area contributed by atoms with Gasteiger partial charge < -0.3 is 4.90 Å². The molecule has 26 heavy (non-hydrogen) atoms. The van der Waals surface area contributed by atoms with Crippen LogP contribution >= 0.6 is 0 Å². The number of carbonyl (C=O) groups is 1. The normalized spacial score (nSPS) is 23.5. The first-order chi connectivity index (χ1) is 12.8. The Hall–Kier alpha value is -2.50. The Bertz CT molecular complexity index is 863. The summed E-state index contributed by atoms with van der Waals surface area (Å²) in [6, 6.07) is 8.64. The van der Waals surface area contributed by atoms with Gasteiger partial charge in [0.05, 0.1) is 5.92 Å². The van der Waals surface area contributed by atoms with Gasteiger partial charge in [-0.05, 0) is 47.2 Å². The summed E-state index contributed by atoms with van der Waals surface area (Å²) in [5, 5.41) is 12.0. The van der Waals surface area contributed by atoms with Gasteiger partial charge in [-0.25, -0.2) is 4.68 Å². The number of allylic oxidation sites excluding steroid dienone is 1. The van der Waals surface area contributed by atoms with Crippen LogP contribution in [0.5, 0.6) is 0 Å². The molecule has 0 bridgehead atoms. The second kappa shape index (κ2) is 6.04. The van der Waals surface area contributed by atoms with Crippen LogP contribution < -0.4 is 0 Å². The van der Waals surface area contributed by atoms with Crippen molar-refractivity contribution in [2.24, 2.45) is 0 Å². The number of piperidine rings is 1. The smallest absolute Gasteiger partial charge is 0.233 e. The van der Waals surface area contributed by atoms with Gasteiger partial charge in [0.25, 0.3) is 0 Å². The van der Waals surface area contributed by atoms with E-state index in [1.807, 2.05) is 9.58 Å². The van der Waals surface area contributed by atoms with Crippen LogP contribution in [0.4, 0.5) is 0 Å². The summed E-state index contributed by atoms with van der Waals surface area (Å²) in [7, 11) is 0. The molecule has 134 valence electrons. The van der Waals surface area contributed by atoms with E-state index in [1.54, 1.807) is 0 Å². The van der Waals surface area contributed by atoms with Crippen LogP contribution in [0, 0.1) is 0 Å². The topological polar surface area (TPSA) is 63.9 Å². The maximum atomic E-state index is 13.2. The summed E-state index contributed by atoms with van der Waals surface area (Å²) < 4.78 is 1.82. The fraction of sp³-hybridized carbons (Fsp3) is 0.500. The lowest BCUT2D eigenvalue weighted by atomic mass is 9.74. The number of aryl methyl sites for hydroxylation is 1. The fourth-order valence-corrected chi connectivity index (χ4v) is 4.81. The van der Waals surface area contributed by atoms with Crippen LogP contribution in [0.15, 0.2) is 30.3 Å². The van der Waals surface area contributed by atoms with Gasteiger partial charge in [0.1, 0.15) is 0 Å². The molecule has 6 nitrogen and oxygen atoms in total. The van der Waals surface area contributed by atoms with Gasteiger partial charge >= 0.3 is 0 Å². The molecular formula is C20H23N5O. The molecule has 1 atom stereocenters. The molecule has 1 aliphatic carbocycles. The van der Waals surface area contributed by atoms with Crippen molar-refractivity contribution >= 4 is 12.0 Å². The van der Waals surface area contributed by atoms with Crippen LogP contribution in [0.25, 0.3) is 6.08 Å². The lowest BCUT2D eigenvalue weighted by molar-refractivity contribution is -0.134. The van der Waals surface area contributed by atoms with Crippen LogP contribution in [0.3, 0.4) is 0 Å². The van der Waals surface area contributed by atoms with E-state index in [4.69, 9.17) is 0 Å². The number of carbonyl (C=O) groups excluding carboxylic acids is 1. The first-order valence-corrected chi connectivity index (χ1v) is 9.60. The van der Waals surface area contributed by atoms with Crippen molar-refractivity contribution in [3.05, 3.63) is 47.3 Å². The summed E-state index contributed by atoms with van der Waals surface area (Å²) in [5.41, 5.74) is 2.86. The van der Waals surface area contributed by atoms with E-state index in [2.05, 4.69) is 51.9 Å². The Kier molecular flexibility index (Phi) is 3.65. The molecule has 0 N–H and O–H groups in total. The van der Waals surface area contributed by atoms with Gasteiger partial charge in [-0.2, -0.15) is 0 Å². The minimum absolute atomic E-state index is 0.110. The second-order valence-electron chi connectivity index (χ2n) is 7.71. The predicted octanol–water partition coefficient (Wildman–Crippen LogP) is 2.53. The average Bonchev–Trinajstić information content (AvgIpc) is 3.23. The highest BCUT2D eigenvalue weighted by atomic mass is 16.2. The zero-order valence-electron chi connectivity index (χ0n) is 14.8. The number of fused-ring (bicyclic) bond motifs is 3. The summed E-state index contributed by atoms with van der Waals surface area (Å²) in [5.74, 6) is 0.764. The number of hydrogen-bond acceptors (Lipinski definition) is 4. The molecule has 0 saturated carbocycles. The number of tetrazole rings is 1. The first-order valence-electron chi connectivity index (χ1n) is 9.60. The van der Waals surface area contributed by atoms with E-state index in [1.165, 1.54) is 11.1 Å². The van der Waals surface area contributed by atoms with Gasteiger partial charge in [0, 0.05) is 25.0 Å². The largest absolute Gasteiger partial charge is 0.342 e. The lowest BCUT2D eigenvalue weighted by Gasteiger charge is -2.40. The van der Waals surface area contributed by atoms with Gasteiger partial charge in [-0.3, -0.25) is 4.79 Å². The van der Waals surface area contributed by atoms with Gasteiger partial charge in [0.15, 0.2) is 5.82 Å². The number of rotatable bonds is 1. The number of nitrogens with zero attached hydrogens (tertiary/aromatic N) is 5. The molecule has 0 radical (unpaired) electrons.